The SMILES string of the molecule is COC(=O)CC(CN)c1ncc(Br)s1. The van der Waals surface area contributed by atoms with E-state index in [1.165, 1.54) is 18.4 Å². The highest BCUT2D eigenvalue weighted by molar-refractivity contribution is 9.11. The molecule has 0 amide bonds. The molecule has 0 fully saturated rings. The lowest BCUT2D eigenvalue weighted by atomic mass is 10.1. The number of thiazole rings is 1. The van der Waals surface area contributed by atoms with Crippen LogP contribution in [-0.2, 0) is 9.53 Å². The average molecular weight is 279 g/mol. The third-order valence-corrected chi connectivity index (χ3v) is 3.41. The molecule has 78 valence electrons. The molecule has 0 aliphatic rings. The first-order valence-corrected chi connectivity index (χ1v) is 5.66. The fourth-order valence-electron chi connectivity index (χ4n) is 1.01. The van der Waals surface area contributed by atoms with Crippen molar-refractivity contribution in [3.8, 4) is 0 Å². The number of hydrogen-bond acceptors (Lipinski definition) is 5. The maximum Gasteiger partial charge on any atom is 0.306 e. The van der Waals surface area contributed by atoms with Gasteiger partial charge in [-0.3, -0.25) is 4.79 Å². The van der Waals surface area contributed by atoms with Crippen molar-refractivity contribution in [3.63, 3.8) is 0 Å². The molecule has 1 unspecified atom stereocenters. The molecule has 2 N–H and O–H groups in total. The standard InChI is InChI=1S/C8H11BrN2O2S/c1-13-7(12)2-5(3-10)8-11-4-6(9)14-8/h4-5H,2-3,10H2,1H3. The molecule has 1 aromatic rings. The molecular formula is C8H11BrN2O2S. The van der Waals surface area contributed by atoms with Gasteiger partial charge in [0.2, 0.25) is 0 Å². The first-order chi connectivity index (χ1) is 6.67. The van der Waals surface area contributed by atoms with Crippen LogP contribution >= 0.6 is 27.3 Å². The fourth-order valence-corrected chi connectivity index (χ4v) is 2.37. The molecule has 0 aliphatic carbocycles. The molecule has 1 rings (SSSR count). The summed E-state index contributed by atoms with van der Waals surface area (Å²) in [6, 6.07) is 0. The first kappa shape index (κ1) is 11.6. The van der Waals surface area contributed by atoms with Crippen molar-refractivity contribution < 1.29 is 9.53 Å². The largest absolute Gasteiger partial charge is 0.469 e. The molecule has 0 bridgehead atoms. The lowest BCUT2D eigenvalue weighted by Gasteiger charge is -2.09. The van der Waals surface area contributed by atoms with Crippen LogP contribution in [0.1, 0.15) is 17.3 Å². The molecule has 6 heteroatoms. The molecule has 0 saturated heterocycles. The van der Waals surface area contributed by atoms with Crippen LogP contribution in [0.25, 0.3) is 0 Å². The van der Waals surface area contributed by atoms with Crippen molar-refractivity contribution >= 4 is 33.2 Å². The Morgan fingerprint density at radius 3 is 3.00 bits per heavy atom. The minimum atomic E-state index is -0.258. The summed E-state index contributed by atoms with van der Waals surface area (Å²) >= 11 is 4.80. The number of ether oxygens (including phenoxy) is 1. The third kappa shape index (κ3) is 3.04. The molecule has 0 saturated carbocycles. The van der Waals surface area contributed by atoms with Crippen LogP contribution in [0.5, 0.6) is 0 Å². The predicted molar refractivity (Wildman–Crippen MR) is 58.2 cm³/mol. The van der Waals surface area contributed by atoms with Crippen molar-refractivity contribution in [1.82, 2.24) is 4.98 Å². The minimum Gasteiger partial charge on any atom is -0.469 e. The van der Waals surface area contributed by atoms with Crippen molar-refractivity contribution in [1.29, 1.82) is 0 Å². The van der Waals surface area contributed by atoms with Gasteiger partial charge in [0.25, 0.3) is 0 Å². The van der Waals surface area contributed by atoms with E-state index in [4.69, 9.17) is 5.73 Å². The quantitative estimate of drug-likeness (QED) is 0.848. The summed E-state index contributed by atoms with van der Waals surface area (Å²) in [5.74, 6) is -0.300. The van der Waals surface area contributed by atoms with Gasteiger partial charge in [-0.25, -0.2) is 4.98 Å². The second kappa shape index (κ2) is 5.43. The van der Waals surface area contributed by atoms with Gasteiger partial charge in [0.1, 0.15) is 0 Å². The molecule has 14 heavy (non-hydrogen) atoms. The summed E-state index contributed by atoms with van der Waals surface area (Å²) in [6.07, 6.45) is 1.99. The van der Waals surface area contributed by atoms with Crippen LogP contribution in [0.15, 0.2) is 9.98 Å². The van der Waals surface area contributed by atoms with Gasteiger partial charge >= 0.3 is 5.97 Å². The number of methoxy groups -OCH3 is 1. The summed E-state index contributed by atoms with van der Waals surface area (Å²) in [4.78, 5) is 15.2. The number of halogens is 1. The van der Waals surface area contributed by atoms with Crippen molar-refractivity contribution in [2.75, 3.05) is 13.7 Å². The van der Waals surface area contributed by atoms with Crippen LogP contribution in [0.4, 0.5) is 0 Å². The Kier molecular flexibility index (Phi) is 4.50. The second-order valence-corrected chi connectivity index (χ2v) is 5.16. The van der Waals surface area contributed by atoms with Crippen LogP contribution in [0, 0.1) is 0 Å². The lowest BCUT2D eigenvalue weighted by Crippen LogP contribution is -2.17. The molecular weight excluding hydrogens is 268 g/mol. The van der Waals surface area contributed by atoms with Gasteiger partial charge in [-0.2, -0.15) is 0 Å². The molecule has 1 heterocycles. The molecule has 0 radical (unpaired) electrons. The fraction of sp³-hybridized carbons (Fsp3) is 0.500. The van der Waals surface area contributed by atoms with E-state index in [2.05, 4.69) is 25.7 Å². The summed E-state index contributed by atoms with van der Waals surface area (Å²) in [7, 11) is 1.37. The normalized spacial score (nSPS) is 12.5. The molecule has 0 spiro atoms. The van der Waals surface area contributed by atoms with Crippen molar-refractivity contribution in [2.24, 2.45) is 5.73 Å². The average Bonchev–Trinajstić information content (AvgIpc) is 2.60. The highest BCUT2D eigenvalue weighted by Crippen LogP contribution is 2.27. The van der Waals surface area contributed by atoms with E-state index in [1.54, 1.807) is 6.20 Å². The molecule has 0 aliphatic heterocycles. The smallest absolute Gasteiger partial charge is 0.306 e. The van der Waals surface area contributed by atoms with E-state index in [0.29, 0.717) is 6.54 Å². The monoisotopic (exact) mass is 278 g/mol. The zero-order valence-corrected chi connectivity index (χ0v) is 10.1. The maximum atomic E-state index is 11.0. The highest BCUT2D eigenvalue weighted by atomic mass is 79.9. The van der Waals surface area contributed by atoms with E-state index >= 15 is 0 Å². The number of nitrogens with two attached hydrogens (primary N) is 1. The van der Waals surface area contributed by atoms with Crippen LogP contribution in [-0.4, -0.2) is 24.6 Å². The highest BCUT2D eigenvalue weighted by Gasteiger charge is 2.17. The predicted octanol–water partition coefficient (Wildman–Crippen LogP) is 1.51. The Balaban J connectivity index is 2.67. The zero-order valence-electron chi connectivity index (χ0n) is 7.70. The molecule has 0 aromatic carbocycles. The van der Waals surface area contributed by atoms with Gasteiger partial charge in [-0.15, -0.1) is 11.3 Å². The Morgan fingerprint density at radius 2 is 2.57 bits per heavy atom. The first-order valence-electron chi connectivity index (χ1n) is 4.05. The Labute approximate surface area is 94.6 Å². The van der Waals surface area contributed by atoms with Gasteiger partial charge in [-0.1, -0.05) is 0 Å². The number of nitrogens with zero attached hydrogens (tertiary/aromatic N) is 1. The van der Waals surface area contributed by atoms with E-state index in [0.717, 1.165) is 8.79 Å². The van der Waals surface area contributed by atoms with Gasteiger partial charge in [0, 0.05) is 12.5 Å². The molecule has 4 nitrogen and oxygen atoms in total. The Hall–Kier alpha value is -0.460. The molecule has 1 aromatic heterocycles. The topological polar surface area (TPSA) is 65.2 Å². The zero-order chi connectivity index (χ0) is 10.6. The molecule has 1 atom stereocenters. The Bertz CT molecular complexity index is 316. The third-order valence-electron chi connectivity index (χ3n) is 1.77. The van der Waals surface area contributed by atoms with Gasteiger partial charge < -0.3 is 10.5 Å². The number of carbonyl (C=O) groups excluding carboxylic acids is 1. The van der Waals surface area contributed by atoms with Gasteiger partial charge in [-0.05, 0) is 15.9 Å². The summed E-state index contributed by atoms with van der Waals surface area (Å²) < 4.78 is 5.52. The van der Waals surface area contributed by atoms with Crippen LogP contribution < -0.4 is 5.73 Å². The second-order valence-electron chi connectivity index (χ2n) is 2.72. The van der Waals surface area contributed by atoms with Crippen molar-refractivity contribution in [3.05, 3.63) is 15.0 Å². The van der Waals surface area contributed by atoms with Gasteiger partial charge in [0.05, 0.1) is 28.5 Å². The summed E-state index contributed by atoms with van der Waals surface area (Å²) in [5, 5.41) is 0.866. The van der Waals surface area contributed by atoms with E-state index in [9.17, 15) is 4.79 Å². The van der Waals surface area contributed by atoms with Gasteiger partial charge in [0.15, 0.2) is 0 Å². The van der Waals surface area contributed by atoms with E-state index < -0.39 is 0 Å². The number of rotatable bonds is 4. The minimum absolute atomic E-state index is 0.0428. The van der Waals surface area contributed by atoms with Crippen LogP contribution in [0.3, 0.4) is 0 Å². The number of aromatic nitrogens is 1. The number of esters is 1. The number of carbonyl (C=O) groups is 1. The number of hydrogen-bond donors (Lipinski definition) is 1. The van der Waals surface area contributed by atoms with E-state index in [-0.39, 0.29) is 18.3 Å². The summed E-state index contributed by atoms with van der Waals surface area (Å²) in [5.41, 5.74) is 5.56. The summed E-state index contributed by atoms with van der Waals surface area (Å²) in [6.45, 7) is 0.398. The Morgan fingerprint density at radius 1 is 1.86 bits per heavy atom. The van der Waals surface area contributed by atoms with Crippen molar-refractivity contribution in [2.45, 2.75) is 12.3 Å². The maximum absolute atomic E-state index is 11.0. The van der Waals surface area contributed by atoms with E-state index in [1.807, 2.05) is 0 Å². The lowest BCUT2D eigenvalue weighted by molar-refractivity contribution is -0.141. The van der Waals surface area contributed by atoms with Crippen LogP contribution in [0.2, 0.25) is 0 Å².